The van der Waals surface area contributed by atoms with Gasteiger partial charge >= 0.3 is 6.36 Å². The summed E-state index contributed by atoms with van der Waals surface area (Å²) in [4.78, 5) is 10.7. The molecule has 3 aromatic rings. The fourth-order valence-electron chi connectivity index (χ4n) is 4.83. The highest BCUT2D eigenvalue weighted by molar-refractivity contribution is 6.29. The number of hydrogen-bond donors (Lipinski definition) is 2. The van der Waals surface area contributed by atoms with Gasteiger partial charge in [0, 0.05) is 42.2 Å². The third-order valence-electron chi connectivity index (χ3n) is 6.46. The number of hydrogen-bond acceptors (Lipinski definition) is 7. The first kappa shape index (κ1) is 24.8. The number of ether oxygens (including phenoxy) is 2. The standard InChI is InChI=1S/C25H24ClF3N6O2/c1-34-22-17(14-3-6-16(7-4-14)37-25(27,28)29)8-9-18(22)23(30)33-24(34)32-15-5-10-19(20(11-15)36-2)35-12-21(26)31-13-35/h3-7,10-13,17,24,32H,8-9H2,1-2H3,(H2,30,33)/t17?,24-/m0/s1. The van der Waals surface area contributed by atoms with E-state index in [2.05, 4.69) is 20.0 Å². The molecule has 0 fully saturated rings. The lowest BCUT2D eigenvalue weighted by molar-refractivity contribution is -0.274. The lowest BCUT2D eigenvalue weighted by atomic mass is 9.95. The van der Waals surface area contributed by atoms with Crippen LogP contribution in [0.4, 0.5) is 18.9 Å². The summed E-state index contributed by atoms with van der Waals surface area (Å²) in [5.41, 5.74) is 10.7. The number of halogens is 4. The number of alkyl halides is 3. The van der Waals surface area contributed by atoms with E-state index in [0.717, 1.165) is 41.1 Å². The molecule has 1 aliphatic heterocycles. The van der Waals surface area contributed by atoms with Crippen LogP contribution in [0.5, 0.6) is 11.5 Å². The number of methoxy groups -OCH3 is 1. The number of imidazole rings is 1. The summed E-state index contributed by atoms with van der Waals surface area (Å²) in [5.74, 6) is 0.758. The number of anilines is 1. The molecule has 2 aliphatic rings. The average Bonchev–Trinajstić information content (AvgIpc) is 3.49. The van der Waals surface area contributed by atoms with Crippen molar-refractivity contribution >= 4 is 23.1 Å². The first-order valence-electron chi connectivity index (χ1n) is 11.4. The van der Waals surface area contributed by atoms with E-state index in [9.17, 15) is 13.2 Å². The lowest BCUT2D eigenvalue weighted by Gasteiger charge is -2.36. The minimum absolute atomic E-state index is 0.0406. The predicted molar refractivity (Wildman–Crippen MR) is 134 cm³/mol. The molecular formula is C25H24ClF3N6O2. The lowest BCUT2D eigenvalue weighted by Crippen LogP contribution is -2.43. The van der Waals surface area contributed by atoms with Crippen molar-refractivity contribution in [3.63, 3.8) is 0 Å². The Labute approximate surface area is 216 Å². The van der Waals surface area contributed by atoms with Crippen molar-refractivity contribution in [3.8, 4) is 17.2 Å². The van der Waals surface area contributed by atoms with Gasteiger partial charge in [0.1, 0.15) is 28.8 Å². The molecular weight excluding hydrogens is 509 g/mol. The summed E-state index contributed by atoms with van der Waals surface area (Å²) in [6.07, 6.45) is -0.446. The fourth-order valence-corrected chi connectivity index (χ4v) is 4.97. The number of amidine groups is 1. The van der Waals surface area contributed by atoms with Crippen molar-refractivity contribution in [1.82, 2.24) is 14.5 Å². The monoisotopic (exact) mass is 532 g/mol. The Morgan fingerprint density at radius 2 is 1.92 bits per heavy atom. The molecule has 1 unspecified atom stereocenters. The Morgan fingerprint density at radius 1 is 1.16 bits per heavy atom. The van der Waals surface area contributed by atoms with Gasteiger partial charge in [0.2, 0.25) is 0 Å². The minimum atomic E-state index is -4.73. The molecule has 5 rings (SSSR count). The number of likely N-dealkylation sites (N-methyl/N-ethyl adjacent to an activating group) is 1. The molecule has 0 saturated heterocycles. The Morgan fingerprint density at radius 3 is 2.57 bits per heavy atom. The second-order valence-electron chi connectivity index (χ2n) is 8.71. The van der Waals surface area contributed by atoms with Crippen LogP contribution in [0.2, 0.25) is 5.15 Å². The predicted octanol–water partition coefficient (Wildman–Crippen LogP) is 5.26. The van der Waals surface area contributed by atoms with E-state index >= 15 is 0 Å². The van der Waals surface area contributed by atoms with Crippen LogP contribution >= 0.6 is 11.6 Å². The van der Waals surface area contributed by atoms with E-state index in [1.165, 1.54) is 12.1 Å². The van der Waals surface area contributed by atoms with Gasteiger partial charge in [0.25, 0.3) is 0 Å². The summed E-state index contributed by atoms with van der Waals surface area (Å²) in [7, 11) is 3.50. The van der Waals surface area contributed by atoms with Crippen molar-refractivity contribution in [2.45, 2.75) is 31.4 Å². The number of rotatable bonds is 6. The van der Waals surface area contributed by atoms with Crippen LogP contribution in [-0.2, 0) is 0 Å². The highest BCUT2D eigenvalue weighted by Gasteiger charge is 2.37. The molecule has 1 aliphatic carbocycles. The molecule has 1 aromatic heterocycles. The summed E-state index contributed by atoms with van der Waals surface area (Å²) in [6.45, 7) is 0. The molecule has 12 heteroatoms. The zero-order chi connectivity index (χ0) is 26.3. The van der Waals surface area contributed by atoms with Gasteiger partial charge in [-0.05, 0) is 42.7 Å². The van der Waals surface area contributed by atoms with E-state index in [1.807, 2.05) is 30.1 Å². The van der Waals surface area contributed by atoms with Crippen LogP contribution in [-0.4, -0.2) is 47.1 Å². The molecule has 8 nitrogen and oxygen atoms in total. The Bertz CT molecular complexity index is 1370. The largest absolute Gasteiger partial charge is 0.573 e. The van der Waals surface area contributed by atoms with Gasteiger partial charge in [-0.1, -0.05) is 23.7 Å². The quantitative estimate of drug-likeness (QED) is 0.450. The summed E-state index contributed by atoms with van der Waals surface area (Å²) in [6, 6.07) is 11.6. The molecule has 2 heterocycles. The number of allylic oxidation sites excluding steroid dienone is 1. The van der Waals surface area contributed by atoms with E-state index in [1.54, 1.807) is 36.3 Å². The molecule has 0 bridgehead atoms. The van der Waals surface area contributed by atoms with E-state index < -0.39 is 12.7 Å². The van der Waals surface area contributed by atoms with E-state index in [0.29, 0.717) is 16.7 Å². The Balaban J connectivity index is 1.37. The Hall–Kier alpha value is -3.86. The second-order valence-corrected chi connectivity index (χ2v) is 9.09. The molecule has 0 radical (unpaired) electrons. The normalized spacial score (nSPS) is 19.5. The second kappa shape index (κ2) is 9.55. The summed E-state index contributed by atoms with van der Waals surface area (Å²) < 4.78 is 49.0. The molecule has 37 heavy (non-hydrogen) atoms. The number of nitrogens with one attached hydrogen (secondary N) is 1. The van der Waals surface area contributed by atoms with Gasteiger partial charge in [0.05, 0.1) is 12.8 Å². The highest BCUT2D eigenvalue weighted by Crippen LogP contribution is 2.44. The first-order chi connectivity index (χ1) is 17.6. The van der Waals surface area contributed by atoms with E-state index in [-0.39, 0.29) is 11.7 Å². The highest BCUT2D eigenvalue weighted by atomic mass is 35.5. The van der Waals surface area contributed by atoms with E-state index in [4.69, 9.17) is 22.1 Å². The molecule has 2 aromatic carbocycles. The molecule has 0 saturated carbocycles. The maximum absolute atomic E-state index is 12.6. The van der Waals surface area contributed by atoms with Crippen LogP contribution in [0.25, 0.3) is 5.69 Å². The topological polar surface area (TPSA) is 89.9 Å². The number of nitrogens with two attached hydrogens (primary N) is 1. The van der Waals surface area contributed by atoms with Gasteiger partial charge in [-0.2, -0.15) is 0 Å². The van der Waals surface area contributed by atoms with Gasteiger partial charge in [0.15, 0.2) is 6.29 Å². The van der Waals surface area contributed by atoms with Gasteiger partial charge < -0.3 is 30.0 Å². The van der Waals surface area contributed by atoms with Crippen LogP contribution in [0, 0.1) is 0 Å². The fraction of sp³-hybridized carbons (Fsp3) is 0.280. The van der Waals surface area contributed by atoms with Gasteiger partial charge in [-0.3, -0.25) is 0 Å². The first-order valence-corrected chi connectivity index (χ1v) is 11.8. The number of benzene rings is 2. The average molecular weight is 533 g/mol. The van der Waals surface area contributed by atoms with Crippen LogP contribution in [0.15, 0.2) is 71.3 Å². The van der Waals surface area contributed by atoms with Crippen molar-refractivity contribution in [2.75, 3.05) is 19.5 Å². The minimum Gasteiger partial charge on any atom is -0.494 e. The maximum Gasteiger partial charge on any atom is 0.573 e. The molecule has 0 amide bonds. The SMILES string of the molecule is COc1cc(N[C@H]2N=C(N)C3=C(C(c4ccc(OC(F)(F)F)cc4)CC3)N2C)ccc1-n1cnc(Cl)c1. The van der Waals surface area contributed by atoms with Gasteiger partial charge in [-0.15, -0.1) is 13.2 Å². The zero-order valence-electron chi connectivity index (χ0n) is 20.0. The van der Waals surface area contributed by atoms with Crippen LogP contribution in [0.3, 0.4) is 0 Å². The van der Waals surface area contributed by atoms with Crippen LogP contribution in [0.1, 0.15) is 24.3 Å². The molecule has 3 N–H and O–H groups in total. The number of aromatic nitrogens is 2. The summed E-state index contributed by atoms with van der Waals surface area (Å²) >= 11 is 5.96. The van der Waals surface area contributed by atoms with Gasteiger partial charge in [-0.25, -0.2) is 9.98 Å². The molecule has 0 spiro atoms. The third kappa shape index (κ3) is 5.04. The zero-order valence-corrected chi connectivity index (χ0v) is 20.7. The van der Waals surface area contributed by atoms with Crippen LogP contribution < -0.4 is 20.5 Å². The molecule has 194 valence electrons. The third-order valence-corrected chi connectivity index (χ3v) is 6.66. The smallest absolute Gasteiger partial charge is 0.494 e. The van der Waals surface area contributed by atoms with Crippen molar-refractivity contribution in [3.05, 3.63) is 77.0 Å². The number of nitrogens with zero attached hydrogens (tertiary/aromatic N) is 4. The summed E-state index contributed by atoms with van der Waals surface area (Å²) in [5, 5.41) is 3.76. The van der Waals surface area contributed by atoms with Crippen molar-refractivity contribution in [1.29, 1.82) is 0 Å². The number of aliphatic imine (C=N–C) groups is 1. The maximum atomic E-state index is 12.6. The van der Waals surface area contributed by atoms with Crippen molar-refractivity contribution < 1.29 is 22.6 Å². The Kier molecular flexibility index (Phi) is 6.40. The van der Waals surface area contributed by atoms with Crippen molar-refractivity contribution in [2.24, 2.45) is 10.7 Å². The molecule has 2 atom stereocenters.